The molecule has 5 nitrogen and oxygen atoms in total. The molecular weight excluding hydrogens is 158 g/mol. The number of urea groups is 1. The molecule has 3 amide bonds. The van der Waals surface area contributed by atoms with Crippen molar-refractivity contribution in [1.82, 2.24) is 16.2 Å². The second kappa shape index (κ2) is 3.94. The molecular formula is C7H15N3O2. The fraction of sp³-hybridized carbons (Fsp3) is 0.714. The summed E-state index contributed by atoms with van der Waals surface area (Å²) in [5.41, 5.74) is 3.96. The van der Waals surface area contributed by atoms with Gasteiger partial charge in [0.05, 0.1) is 0 Å². The second-order valence-electron chi connectivity index (χ2n) is 3.41. The maximum atomic E-state index is 11.1. The summed E-state index contributed by atoms with van der Waals surface area (Å²) in [5, 5.41) is 2.31. The van der Waals surface area contributed by atoms with E-state index in [1.807, 2.05) is 0 Å². The van der Waals surface area contributed by atoms with Gasteiger partial charge in [0.2, 0.25) is 5.91 Å². The van der Waals surface area contributed by atoms with Gasteiger partial charge in [-0.3, -0.25) is 10.2 Å². The van der Waals surface area contributed by atoms with Gasteiger partial charge in [0.1, 0.15) is 0 Å². The lowest BCUT2D eigenvalue weighted by Crippen LogP contribution is -2.49. The van der Waals surface area contributed by atoms with E-state index in [1.54, 1.807) is 20.8 Å². The summed E-state index contributed by atoms with van der Waals surface area (Å²) >= 11 is 0. The third-order valence-electron chi connectivity index (χ3n) is 1.20. The number of nitrogens with one attached hydrogen (secondary N) is 3. The maximum Gasteiger partial charge on any atom is 0.333 e. The fourth-order valence-corrected chi connectivity index (χ4v) is 0.364. The fourth-order valence-electron chi connectivity index (χ4n) is 0.364. The molecule has 0 bridgehead atoms. The van der Waals surface area contributed by atoms with Crippen molar-refractivity contribution in [3.05, 3.63) is 0 Å². The number of carbonyl (C=O) groups excluding carboxylic acids is 2. The van der Waals surface area contributed by atoms with Crippen LogP contribution in [0.3, 0.4) is 0 Å². The topological polar surface area (TPSA) is 70.2 Å². The third kappa shape index (κ3) is 3.80. The Balaban J connectivity index is 3.81. The van der Waals surface area contributed by atoms with Gasteiger partial charge in [0.25, 0.3) is 0 Å². The molecule has 0 aliphatic heterocycles. The van der Waals surface area contributed by atoms with Crippen molar-refractivity contribution < 1.29 is 9.59 Å². The Hall–Kier alpha value is -1.26. The summed E-state index contributed by atoms with van der Waals surface area (Å²) in [7, 11) is 1.47. The predicted molar refractivity (Wildman–Crippen MR) is 45.2 cm³/mol. The molecule has 0 aliphatic carbocycles. The minimum absolute atomic E-state index is 0.230. The van der Waals surface area contributed by atoms with E-state index in [1.165, 1.54) is 7.05 Å². The van der Waals surface area contributed by atoms with Crippen LogP contribution < -0.4 is 16.2 Å². The summed E-state index contributed by atoms with van der Waals surface area (Å²) in [6.07, 6.45) is 0. The first kappa shape index (κ1) is 10.7. The highest BCUT2D eigenvalue weighted by Gasteiger charge is 2.20. The van der Waals surface area contributed by atoms with Crippen LogP contribution in [-0.2, 0) is 4.79 Å². The van der Waals surface area contributed by atoms with E-state index < -0.39 is 11.4 Å². The van der Waals surface area contributed by atoms with E-state index in [-0.39, 0.29) is 5.91 Å². The average Bonchev–Trinajstić information content (AvgIpc) is 1.97. The molecule has 70 valence electrons. The SMILES string of the molecule is CNC(=O)NNC(=O)C(C)(C)C. The number of rotatable bonds is 0. The Morgan fingerprint density at radius 2 is 1.58 bits per heavy atom. The molecule has 12 heavy (non-hydrogen) atoms. The standard InChI is InChI=1S/C7H15N3O2/c1-7(2,3)5(11)9-10-6(12)8-4/h1-4H3,(H,9,11)(H2,8,10,12). The van der Waals surface area contributed by atoms with Crippen molar-refractivity contribution in [1.29, 1.82) is 0 Å². The number of hydrogen-bond donors (Lipinski definition) is 3. The zero-order valence-electron chi connectivity index (χ0n) is 7.82. The maximum absolute atomic E-state index is 11.1. The zero-order valence-corrected chi connectivity index (χ0v) is 7.82. The minimum Gasteiger partial charge on any atom is -0.340 e. The van der Waals surface area contributed by atoms with Gasteiger partial charge in [0.15, 0.2) is 0 Å². The Kier molecular flexibility index (Phi) is 3.53. The summed E-state index contributed by atoms with van der Waals surface area (Å²) < 4.78 is 0. The first-order valence-electron chi connectivity index (χ1n) is 3.66. The Labute approximate surface area is 71.9 Å². The summed E-state index contributed by atoms with van der Waals surface area (Å²) in [5.74, 6) is -0.230. The van der Waals surface area contributed by atoms with Crippen LogP contribution in [0.1, 0.15) is 20.8 Å². The van der Waals surface area contributed by atoms with Crippen molar-refractivity contribution in [2.24, 2.45) is 5.41 Å². The quantitative estimate of drug-likeness (QED) is 0.451. The van der Waals surface area contributed by atoms with Crippen LogP contribution in [0.2, 0.25) is 0 Å². The Morgan fingerprint density at radius 3 is 1.92 bits per heavy atom. The highest BCUT2D eigenvalue weighted by atomic mass is 16.2. The van der Waals surface area contributed by atoms with E-state index in [0.717, 1.165) is 0 Å². The molecule has 0 atom stereocenters. The smallest absolute Gasteiger partial charge is 0.333 e. The Morgan fingerprint density at radius 1 is 1.08 bits per heavy atom. The van der Waals surface area contributed by atoms with E-state index in [2.05, 4.69) is 16.2 Å². The average molecular weight is 173 g/mol. The summed E-state index contributed by atoms with van der Waals surface area (Å²) in [6, 6.07) is -0.437. The summed E-state index contributed by atoms with van der Waals surface area (Å²) in [6.45, 7) is 5.27. The van der Waals surface area contributed by atoms with Crippen LogP contribution in [0.15, 0.2) is 0 Å². The van der Waals surface area contributed by atoms with E-state index >= 15 is 0 Å². The number of amides is 3. The molecule has 0 saturated heterocycles. The van der Waals surface area contributed by atoms with Crippen LogP contribution in [0.4, 0.5) is 4.79 Å². The zero-order chi connectivity index (χ0) is 9.78. The van der Waals surface area contributed by atoms with Gasteiger partial charge < -0.3 is 5.32 Å². The van der Waals surface area contributed by atoms with Gasteiger partial charge in [-0.2, -0.15) is 0 Å². The molecule has 0 aromatic carbocycles. The van der Waals surface area contributed by atoms with Gasteiger partial charge in [-0.15, -0.1) is 0 Å². The van der Waals surface area contributed by atoms with Gasteiger partial charge >= 0.3 is 6.03 Å². The van der Waals surface area contributed by atoms with Gasteiger partial charge in [-0.05, 0) is 0 Å². The molecule has 0 saturated carbocycles. The largest absolute Gasteiger partial charge is 0.340 e. The molecule has 5 heteroatoms. The normalized spacial score (nSPS) is 10.3. The molecule has 0 unspecified atom stereocenters. The highest BCUT2D eigenvalue weighted by Crippen LogP contribution is 2.11. The second-order valence-corrected chi connectivity index (χ2v) is 3.41. The van der Waals surface area contributed by atoms with E-state index in [0.29, 0.717) is 0 Å². The molecule has 0 aromatic rings. The molecule has 0 heterocycles. The molecule has 0 aliphatic rings. The van der Waals surface area contributed by atoms with Crippen molar-refractivity contribution in [3.8, 4) is 0 Å². The van der Waals surface area contributed by atoms with Crippen molar-refractivity contribution in [3.63, 3.8) is 0 Å². The molecule has 0 fully saturated rings. The number of carbonyl (C=O) groups is 2. The first-order chi connectivity index (χ1) is 5.38. The van der Waals surface area contributed by atoms with Gasteiger partial charge in [-0.25, -0.2) is 10.2 Å². The van der Waals surface area contributed by atoms with Crippen LogP contribution in [0.5, 0.6) is 0 Å². The molecule has 0 spiro atoms. The van der Waals surface area contributed by atoms with Crippen molar-refractivity contribution >= 4 is 11.9 Å². The lowest BCUT2D eigenvalue weighted by Gasteiger charge is -2.17. The highest BCUT2D eigenvalue weighted by molar-refractivity contribution is 5.84. The van der Waals surface area contributed by atoms with E-state index in [4.69, 9.17) is 0 Å². The van der Waals surface area contributed by atoms with Crippen LogP contribution >= 0.6 is 0 Å². The van der Waals surface area contributed by atoms with Crippen molar-refractivity contribution in [2.75, 3.05) is 7.05 Å². The first-order valence-corrected chi connectivity index (χ1v) is 3.66. The van der Waals surface area contributed by atoms with E-state index in [9.17, 15) is 9.59 Å². The number of hydrogen-bond acceptors (Lipinski definition) is 2. The monoisotopic (exact) mass is 173 g/mol. The Bertz CT molecular complexity index is 184. The summed E-state index contributed by atoms with van der Waals surface area (Å²) in [4.78, 5) is 21.7. The van der Waals surface area contributed by atoms with Gasteiger partial charge in [0, 0.05) is 12.5 Å². The minimum atomic E-state index is -0.499. The third-order valence-corrected chi connectivity index (χ3v) is 1.20. The van der Waals surface area contributed by atoms with Crippen LogP contribution in [0, 0.1) is 5.41 Å². The molecule has 0 radical (unpaired) electrons. The van der Waals surface area contributed by atoms with Crippen LogP contribution in [0.25, 0.3) is 0 Å². The molecule has 0 rings (SSSR count). The molecule has 3 N–H and O–H groups in total. The molecule has 0 aromatic heterocycles. The number of hydrazine groups is 1. The van der Waals surface area contributed by atoms with Crippen LogP contribution in [-0.4, -0.2) is 19.0 Å². The van der Waals surface area contributed by atoms with Gasteiger partial charge in [-0.1, -0.05) is 20.8 Å². The lowest BCUT2D eigenvalue weighted by atomic mass is 9.96. The lowest BCUT2D eigenvalue weighted by molar-refractivity contribution is -0.129. The predicted octanol–water partition coefficient (Wildman–Crippen LogP) is -0.00730. The van der Waals surface area contributed by atoms with Crippen molar-refractivity contribution in [2.45, 2.75) is 20.8 Å².